The zero-order chi connectivity index (χ0) is 13.6. The van der Waals surface area contributed by atoms with Gasteiger partial charge in [0, 0.05) is 12.0 Å². The molecule has 0 unspecified atom stereocenters. The lowest BCUT2D eigenvalue weighted by atomic mass is 9.81. The molecule has 0 aromatic heterocycles. The van der Waals surface area contributed by atoms with Crippen molar-refractivity contribution in [1.29, 1.82) is 0 Å². The van der Waals surface area contributed by atoms with Gasteiger partial charge in [-0.05, 0) is 38.0 Å². The first-order chi connectivity index (χ1) is 8.51. The molecule has 3 atom stereocenters. The average molecular weight is 255 g/mol. The standard InChI is InChI=1S/C15H29NO2/c1-4-9-15(3,5-2)14(18)16-11-12-7-6-8-13(17)10-12/h12-13,17H,4-11H2,1-3H3,(H,16,18)/t12-,13-,15+/m1/s1. The number of nitrogens with one attached hydrogen (secondary N) is 1. The third kappa shape index (κ3) is 4.27. The Balaban J connectivity index is 2.39. The fraction of sp³-hybridized carbons (Fsp3) is 0.933. The van der Waals surface area contributed by atoms with Crippen LogP contribution in [0, 0.1) is 11.3 Å². The normalized spacial score (nSPS) is 27.6. The third-order valence-corrected chi connectivity index (χ3v) is 4.44. The Kier molecular flexibility index (Phi) is 6.13. The fourth-order valence-corrected chi connectivity index (χ4v) is 2.90. The van der Waals surface area contributed by atoms with E-state index < -0.39 is 0 Å². The number of aliphatic hydroxyl groups is 1. The predicted octanol–water partition coefficient (Wildman–Crippen LogP) is 2.87. The number of carbonyl (C=O) groups is 1. The molecule has 1 rings (SSSR count). The van der Waals surface area contributed by atoms with Gasteiger partial charge in [-0.15, -0.1) is 0 Å². The quantitative estimate of drug-likeness (QED) is 0.766. The van der Waals surface area contributed by atoms with E-state index in [-0.39, 0.29) is 17.4 Å². The molecule has 1 saturated carbocycles. The Hall–Kier alpha value is -0.570. The summed E-state index contributed by atoms with van der Waals surface area (Å²) in [5.74, 6) is 0.646. The van der Waals surface area contributed by atoms with E-state index >= 15 is 0 Å². The van der Waals surface area contributed by atoms with E-state index in [0.717, 1.165) is 51.5 Å². The van der Waals surface area contributed by atoms with Crippen molar-refractivity contribution in [2.24, 2.45) is 11.3 Å². The van der Waals surface area contributed by atoms with E-state index in [1.165, 1.54) is 0 Å². The lowest BCUT2D eigenvalue weighted by molar-refractivity contribution is -0.131. The molecule has 0 spiro atoms. The molecule has 3 heteroatoms. The molecule has 0 aliphatic heterocycles. The van der Waals surface area contributed by atoms with Crippen LogP contribution in [0.15, 0.2) is 0 Å². The van der Waals surface area contributed by atoms with Crippen molar-refractivity contribution in [2.75, 3.05) is 6.54 Å². The molecule has 1 fully saturated rings. The first-order valence-corrected chi connectivity index (χ1v) is 7.48. The molecule has 0 heterocycles. The second-order valence-electron chi connectivity index (χ2n) is 6.06. The summed E-state index contributed by atoms with van der Waals surface area (Å²) in [6.45, 7) is 7.00. The number of aliphatic hydroxyl groups excluding tert-OH is 1. The van der Waals surface area contributed by atoms with Crippen molar-refractivity contribution < 1.29 is 9.90 Å². The van der Waals surface area contributed by atoms with Gasteiger partial charge >= 0.3 is 0 Å². The van der Waals surface area contributed by atoms with Gasteiger partial charge in [-0.1, -0.05) is 33.6 Å². The molecular weight excluding hydrogens is 226 g/mol. The Morgan fingerprint density at radius 1 is 1.39 bits per heavy atom. The molecule has 2 N–H and O–H groups in total. The maximum Gasteiger partial charge on any atom is 0.225 e. The minimum Gasteiger partial charge on any atom is -0.393 e. The van der Waals surface area contributed by atoms with Gasteiger partial charge in [0.25, 0.3) is 0 Å². The molecule has 0 radical (unpaired) electrons. The van der Waals surface area contributed by atoms with E-state index in [0.29, 0.717) is 5.92 Å². The fourth-order valence-electron chi connectivity index (χ4n) is 2.90. The molecule has 0 saturated heterocycles. The van der Waals surface area contributed by atoms with Crippen molar-refractivity contribution in [3.8, 4) is 0 Å². The van der Waals surface area contributed by atoms with Gasteiger partial charge in [-0.25, -0.2) is 0 Å². The molecule has 0 aromatic rings. The summed E-state index contributed by atoms with van der Waals surface area (Å²) < 4.78 is 0. The molecule has 1 aliphatic rings. The molecule has 0 bridgehead atoms. The van der Waals surface area contributed by atoms with Crippen LogP contribution in [-0.4, -0.2) is 23.7 Å². The smallest absolute Gasteiger partial charge is 0.225 e. The second-order valence-corrected chi connectivity index (χ2v) is 6.06. The van der Waals surface area contributed by atoms with Crippen LogP contribution in [0.1, 0.15) is 65.7 Å². The number of amides is 1. The van der Waals surface area contributed by atoms with Crippen LogP contribution in [-0.2, 0) is 4.79 Å². The summed E-state index contributed by atoms with van der Waals surface area (Å²) in [7, 11) is 0. The molecule has 18 heavy (non-hydrogen) atoms. The summed E-state index contributed by atoms with van der Waals surface area (Å²) in [6.07, 6.45) is 6.70. The number of rotatable bonds is 6. The molecule has 1 amide bonds. The summed E-state index contributed by atoms with van der Waals surface area (Å²) in [5.41, 5.74) is -0.220. The van der Waals surface area contributed by atoms with Crippen LogP contribution in [0.3, 0.4) is 0 Å². The van der Waals surface area contributed by atoms with Gasteiger partial charge in [-0.2, -0.15) is 0 Å². The highest BCUT2D eigenvalue weighted by Gasteiger charge is 2.30. The van der Waals surface area contributed by atoms with E-state index in [1.807, 2.05) is 0 Å². The van der Waals surface area contributed by atoms with Gasteiger partial charge in [0.15, 0.2) is 0 Å². The predicted molar refractivity (Wildman–Crippen MR) is 74.3 cm³/mol. The molecule has 1 aliphatic carbocycles. The largest absolute Gasteiger partial charge is 0.393 e. The molecule has 3 nitrogen and oxygen atoms in total. The van der Waals surface area contributed by atoms with Crippen molar-refractivity contribution in [3.05, 3.63) is 0 Å². The first-order valence-electron chi connectivity index (χ1n) is 7.48. The number of carbonyl (C=O) groups excluding carboxylic acids is 1. The van der Waals surface area contributed by atoms with Crippen LogP contribution >= 0.6 is 0 Å². The lowest BCUT2D eigenvalue weighted by Crippen LogP contribution is -2.41. The molecular formula is C15H29NO2. The van der Waals surface area contributed by atoms with E-state index in [1.54, 1.807) is 0 Å². The van der Waals surface area contributed by atoms with Gasteiger partial charge in [0.2, 0.25) is 5.91 Å². The van der Waals surface area contributed by atoms with Gasteiger partial charge < -0.3 is 10.4 Å². The van der Waals surface area contributed by atoms with Crippen LogP contribution in [0.25, 0.3) is 0 Å². The summed E-state index contributed by atoms with van der Waals surface area (Å²) in [6, 6.07) is 0. The van der Waals surface area contributed by atoms with Gasteiger partial charge in [-0.3, -0.25) is 4.79 Å². The Morgan fingerprint density at radius 2 is 2.11 bits per heavy atom. The maximum atomic E-state index is 12.2. The highest BCUT2D eigenvalue weighted by Crippen LogP contribution is 2.28. The minimum atomic E-state index is -0.220. The van der Waals surface area contributed by atoms with Crippen molar-refractivity contribution in [2.45, 2.75) is 71.8 Å². The van der Waals surface area contributed by atoms with Crippen LogP contribution in [0.5, 0.6) is 0 Å². The monoisotopic (exact) mass is 255 g/mol. The number of hydrogen-bond donors (Lipinski definition) is 2. The van der Waals surface area contributed by atoms with Gasteiger partial charge in [0.05, 0.1) is 6.10 Å². The highest BCUT2D eigenvalue weighted by molar-refractivity contribution is 5.82. The zero-order valence-electron chi connectivity index (χ0n) is 12.2. The van der Waals surface area contributed by atoms with E-state index in [4.69, 9.17) is 0 Å². The third-order valence-electron chi connectivity index (χ3n) is 4.44. The average Bonchev–Trinajstić information content (AvgIpc) is 2.36. The van der Waals surface area contributed by atoms with Gasteiger partial charge in [0.1, 0.15) is 0 Å². The van der Waals surface area contributed by atoms with E-state index in [2.05, 4.69) is 26.1 Å². The lowest BCUT2D eigenvalue weighted by Gasteiger charge is -2.30. The van der Waals surface area contributed by atoms with Crippen molar-refractivity contribution >= 4 is 5.91 Å². The molecule has 0 aromatic carbocycles. The summed E-state index contributed by atoms with van der Waals surface area (Å²) in [5, 5.41) is 12.7. The van der Waals surface area contributed by atoms with Crippen LogP contribution < -0.4 is 5.32 Å². The molecule has 106 valence electrons. The highest BCUT2D eigenvalue weighted by atomic mass is 16.3. The summed E-state index contributed by atoms with van der Waals surface area (Å²) >= 11 is 0. The van der Waals surface area contributed by atoms with Crippen LogP contribution in [0.4, 0.5) is 0 Å². The first kappa shape index (κ1) is 15.5. The Morgan fingerprint density at radius 3 is 2.67 bits per heavy atom. The van der Waals surface area contributed by atoms with Crippen molar-refractivity contribution in [3.63, 3.8) is 0 Å². The minimum absolute atomic E-state index is 0.158. The topological polar surface area (TPSA) is 49.3 Å². The Labute approximate surface area is 111 Å². The SMILES string of the molecule is CCC[C@](C)(CC)C(=O)NC[C@@H]1CCC[C@@H](O)C1. The second kappa shape index (κ2) is 7.13. The van der Waals surface area contributed by atoms with Crippen molar-refractivity contribution in [1.82, 2.24) is 5.32 Å². The summed E-state index contributed by atoms with van der Waals surface area (Å²) in [4.78, 5) is 12.2. The maximum absolute atomic E-state index is 12.2. The van der Waals surface area contributed by atoms with E-state index in [9.17, 15) is 9.90 Å². The number of hydrogen-bond acceptors (Lipinski definition) is 2. The Bertz CT molecular complexity index is 267. The van der Waals surface area contributed by atoms with Crippen LogP contribution in [0.2, 0.25) is 0 Å². The zero-order valence-corrected chi connectivity index (χ0v) is 12.2.